The van der Waals surface area contributed by atoms with Gasteiger partial charge in [-0.1, -0.05) is 6.92 Å². The molecule has 0 radical (unpaired) electrons. The lowest BCUT2D eigenvalue weighted by Crippen LogP contribution is -2.41. The topological polar surface area (TPSA) is 70.8 Å². The van der Waals surface area contributed by atoms with Crippen molar-refractivity contribution >= 4 is 11.9 Å². The Balaban J connectivity index is 2.90. The van der Waals surface area contributed by atoms with Crippen LogP contribution in [0.4, 0.5) is 13.2 Å². The molecule has 8 heteroatoms. The SMILES string of the molecule is CCc1ccc(C(=O)N(CC(=O)O)CC(F)(F)F)o1. The number of carboxylic acid groups (broad SMARTS) is 1. The number of nitrogens with zero attached hydrogens (tertiary/aromatic N) is 1. The van der Waals surface area contributed by atoms with Gasteiger partial charge in [0.1, 0.15) is 18.8 Å². The van der Waals surface area contributed by atoms with E-state index in [4.69, 9.17) is 9.52 Å². The van der Waals surface area contributed by atoms with Crippen LogP contribution < -0.4 is 0 Å². The number of furan rings is 1. The van der Waals surface area contributed by atoms with E-state index in [0.29, 0.717) is 12.2 Å². The second-order valence-electron chi connectivity index (χ2n) is 3.79. The summed E-state index contributed by atoms with van der Waals surface area (Å²) in [6, 6.07) is 2.69. The number of carbonyl (C=O) groups is 2. The van der Waals surface area contributed by atoms with Crippen molar-refractivity contribution in [2.24, 2.45) is 0 Å². The van der Waals surface area contributed by atoms with Gasteiger partial charge in [0.2, 0.25) is 0 Å². The third-order valence-electron chi connectivity index (χ3n) is 2.20. The first-order chi connectivity index (χ1) is 8.73. The summed E-state index contributed by atoms with van der Waals surface area (Å²) in [4.78, 5) is 22.4. The summed E-state index contributed by atoms with van der Waals surface area (Å²) in [6.45, 7) is -0.932. The lowest BCUT2D eigenvalue weighted by molar-refractivity contribution is -0.149. The Kier molecular flexibility index (Phi) is 4.57. The van der Waals surface area contributed by atoms with Gasteiger partial charge in [-0.2, -0.15) is 13.2 Å². The molecule has 0 aliphatic heterocycles. The Morgan fingerprint density at radius 3 is 2.42 bits per heavy atom. The molecule has 0 aliphatic rings. The van der Waals surface area contributed by atoms with Crippen LogP contribution in [0.1, 0.15) is 23.2 Å². The zero-order chi connectivity index (χ0) is 14.6. The van der Waals surface area contributed by atoms with Gasteiger partial charge >= 0.3 is 12.1 Å². The van der Waals surface area contributed by atoms with Crippen molar-refractivity contribution in [2.75, 3.05) is 13.1 Å². The molecule has 5 nitrogen and oxygen atoms in total. The molecule has 0 atom stereocenters. The number of hydrogen-bond acceptors (Lipinski definition) is 3. The van der Waals surface area contributed by atoms with E-state index in [0.717, 1.165) is 0 Å². The van der Waals surface area contributed by atoms with Gasteiger partial charge in [0.05, 0.1) is 0 Å². The van der Waals surface area contributed by atoms with Crippen LogP contribution in [0, 0.1) is 0 Å². The van der Waals surface area contributed by atoms with Gasteiger partial charge in [-0.05, 0) is 12.1 Å². The third-order valence-corrected chi connectivity index (χ3v) is 2.20. The molecule has 106 valence electrons. The first-order valence-corrected chi connectivity index (χ1v) is 5.39. The zero-order valence-electron chi connectivity index (χ0n) is 10.0. The van der Waals surface area contributed by atoms with Gasteiger partial charge in [-0.15, -0.1) is 0 Å². The normalized spacial score (nSPS) is 11.4. The van der Waals surface area contributed by atoms with Gasteiger partial charge in [-0.3, -0.25) is 9.59 Å². The van der Waals surface area contributed by atoms with Crippen molar-refractivity contribution in [1.82, 2.24) is 4.90 Å². The van der Waals surface area contributed by atoms with Crippen LogP contribution in [-0.2, 0) is 11.2 Å². The summed E-state index contributed by atoms with van der Waals surface area (Å²) in [7, 11) is 0. The monoisotopic (exact) mass is 279 g/mol. The van der Waals surface area contributed by atoms with E-state index >= 15 is 0 Å². The number of carboxylic acids is 1. The number of amides is 1. The lowest BCUT2D eigenvalue weighted by atomic mass is 10.3. The molecule has 1 aromatic rings. The van der Waals surface area contributed by atoms with Crippen molar-refractivity contribution < 1.29 is 32.3 Å². The molecule has 0 bridgehead atoms. The molecule has 0 saturated carbocycles. The number of carbonyl (C=O) groups excluding carboxylic acids is 1. The quantitative estimate of drug-likeness (QED) is 0.894. The van der Waals surface area contributed by atoms with Crippen LogP contribution in [-0.4, -0.2) is 41.1 Å². The Morgan fingerprint density at radius 2 is 2.00 bits per heavy atom. The summed E-state index contributed by atoms with van der Waals surface area (Å²) >= 11 is 0. The van der Waals surface area contributed by atoms with E-state index in [1.807, 2.05) is 0 Å². The highest BCUT2D eigenvalue weighted by molar-refractivity contribution is 5.93. The molecule has 0 spiro atoms. The van der Waals surface area contributed by atoms with Crippen molar-refractivity contribution in [3.63, 3.8) is 0 Å². The van der Waals surface area contributed by atoms with E-state index in [9.17, 15) is 22.8 Å². The minimum absolute atomic E-state index is 0.181. The Morgan fingerprint density at radius 1 is 1.37 bits per heavy atom. The first kappa shape index (κ1) is 15.1. The molecular formula is C11H12F3NO4. The molecule has 1 amide bonds. The van der Waals surface area contributed by atoms with E-state index < -0.39 is 31.1 Å². The lowest BCUT2D eigenvalue weighted by Gasteiger charge is -2.20. The molecule has 0 aliphatic carbocycles. The molecule has 1 rings (SSSR count). The molecular weight excluding hydrogens is 267 g/mol. The summed E-state index contributed by atoms with van der Waals surface area (Å²) in [5.74, 6) is -2.49. The first-order valence-electron chi connectivity index (χ1n) is 5.39. The van der Waals surface area contributed by atoms with E-state index in [2.05, 4.69) is 0 Å². The van der Waals surface area contributed by atoms with Gasteiger partial charge in [0.25, 0.3) is 5.91 Å². The summed E-state index contributed by atoms with van der Waals surface area (Å²) in [5.41, 5.74) is 0. The molecule has 1 N–H and O–H groups in total. The average Bonchev–Trinajstić information content (AvgIpc) is 2.73. The summed E-state index contributed by atoms with van der Waals surface area (Å²) < 4.78 is 41.9. The summed E-state index contributed by atoms with van der Waals surface area (Å²) in [5, 5.41) is 8.54. The number of halogens is 3. The molecule has 1 aromatic heterocycles. The maximum atomic E-state index is 12.3. The fraction of sp³-hybridized carbons (Fsp3) is 0.455. The highest BCUT2D eigenvalue weighted by atomic mass is 19.4. The van der Waals surface area contributed by atoms with E-state index in [1.165, 1.54) is 12.1 Å². The minimum Gasteiger partial charge on any atom is -0.480 e. The van der Waals surface area contributed by atoms with E-state index in [-0.39, 0.29) is 10.7 Å². The van der Waals surface area contributed by atoms with Crippen LogP contribution in [0.25, 0.3) is 0 Å². The van der Waals surface area contributed by atoms with Crippen molar-refractivity contribution in [1.29, 1.82) is 0 Å². The fourth-order valence-corrected chi connectivity index (χ4v) is 1.42. The molecule has 0 unspecified atom stereocenters. The average molecular weight is 279 g/mol. The van der Waals surface area contributed by atoms with Crippen molar-refractivity contribution in [2.45, 2.75) is 19.5 Å². The Bertz CT molecular complexity index is 467. The largest absolute Gasteiger partial charge is 0.480 e. The van der Waals surface area contributed by atoms with Crippen LogP contribution in [0.15, 0.2) is 16.5 Å². The Labute approximate surface area is 106 Å². The Hall–Kier alpha value is -1.99. The number of aliphatic carboxylic acids is 1. The highest BCUT2D eigenvalue weighted by Gasteiger charge is 2.35. The van der Waals surface area contributed by atoms with E-state index in [1.54, 1.807) is 6.92 Å². The molecule has 0 saturated heterocycles. The molecule has 0 aromatic carbocycles. The molecule has 1 heterocycles. The van der Waals surface area contributed by atoms with Gasteiger partial charge in [-0.25, -0.2) is 0 Å². The summed E-state index contributed by atoms with van der Waals surface area (Å²) in [6.07, 6.45) is -4.20. The second kappa shape index (κ2) is 5.77. The van der Waals surface area contributed by atoms with Crippen LogP contribution >= 0.6 is 0 Å². The maximum absolute atomic E-state index is 12.3. The van der Waals surface area contributed by atoms with Crippen LogP contribution in [0.3, 0.4) is 0 Å². The fourth-order valence-electron chi connectivity index (χ4n) is 1.42. The van der Waals surface area contributed by atoms with Crippen LogP contribution in [0.5, 0.6) is 0 Å². The van der Waals surface area contributed by atoms with Crippen molar-refractivity contribution in [3.8, 4) is 0 Å². The maximum Gasteiger partial charge on any atom is 0.406 e. The number of alkyl halides is 3. The molecule has 0 fully saturated rings. The minimum atomic E-state index is -4.68. The predicted molar refractivity (Wildman–Crippen MR) is 57.7 cm³/mol. The predicted octanol–water partition coefficient (Wildman–Crippen LogP) is 1.93. The van der Waals surface area contributed by atoms with Gasteiger partial charge < -0.3 is 14.4 Å². The molecule has 19 heavy (non-hydrogen) atoms. The van der Waals surface area contributed by atoms with Gasteiger partial charge in [0.15, 0.2) is 5.76 Å². The third kappa shape index (κ3) is 4.65. The highest BCUT2D eigenvalue weighted by Crippen LogP contribution is 2.19. The number of rotatable bonds is 5. The van der Waals surface area contributed by atoms with Gasteiger partial charge in [0, 0.05) is 6.42 Å². The number of hydrogen-bond donors (Lipinski definition) is 1. The number of aryl methyl sites for hydroxylation is 1. The smallest absolute Gasteiger partial charge is 0.406 e. The zero-order valence-corrected chi connectivity index (χ0v) is 10.0. The van der Waals surface area contributed by atoms with Crippen LogP contribution in [0.2, 0.25) is 0 Å². The standard InChI is InChI=1S/C11H12F3NO4/c1-2-7-3-4-8(19-7)10(18)15(5-9(16)17)6-11(12,13)14/h3-4H,2,5-6H2,1H3,(H,16,17). The second-order valence-corrected chi connectivity index (χ2v) is 3.79. The van der Waals surface area contributed by atoms with Crippen molar-refractivity contribution in [3.05, 3.63) is 23.7 Å².